The summed E-state index contributed by atoms with van der Waals surface area (Å²) in [6.07, 6.45) is 2.31. The summed E-state index contributed by atoms with van der Waals surface area (Å²) in [5.74, 6) is -1.15. The van der Waals surface area contributed by atoms with Crippen molar-refractivity contribution < 1.29 is 29.0 Å². The molecule has 25 heavy (non-hydrogen) atoms. The molecule has 2 amide bonds. The number of carbonyl (C=O) groups excluding carboxylic acids is 2. The number of benzene rings is 1. The highest BCUT2D eigenvalue weighted by Gasteiger charge is 2.42. The Morgan fingerprint density at radius 1 is 1.12 bits per heavy atom. The fourth-order valence-electron chi connectivity index (χ4n) is 2.92. The molecule has 0 radical (unpaired) electrons. The lowest BCUT2D eigenvalue weighted by molar-refractivity contribution is -0.147. The molecule has 0 bridgehead atoms. The Bertz CT molecular complexity index is 667. The minimum absolute atomic E-state index is 0.303. The molecule has 0 unspecified atom stereocenters. The van der Waals surface area contributed by atoms with Crippen LogP contribution in [0.15, 0.2) is 18.2 Å². The van der Waals surface area contributed by atoms with Gasteiger partial charge in [0.25, 0.3) is 5.91 Å². The molecule has 8 heteroatoms. The van der Waals surface area contributed by atoms with Gasteiger partial charge in [-0.3, -0.25) is 9.59 Å². The molecule has 1 saturated carbocycles. The Labute approximate surface area is 145 Å². The van der Waals surface area contributed by atoms with Crippen molar-refractivity contribution in [1.82, 2.24) is 10.6 Å². The third-order valence-corrected chi connectivity index (χ3v) is 4.30. The van der Waals surface area contributed by atoms with Gasteiger partial charge in [0.2, 0.25) is 5.91 Å². The fraction of sp³-hybridized carbons (Fsp3) is 0.471. The molecule has 0 spiro atoms. The summed E-state index contributed by atoms with van der Waals surface area (Å²) >= 11 is 0. The van der Waals surface area contributed by atoms with E-state index in [1.54, 1.807) is 12.1 Å². The molecule has 3 N–H and O–H groups in total. The number of ether oxygens (including phenoxy) is 2. The number of amides is 2. The van der Waals surface area contributed by atoms with Gasteiger partial charge in [-0.1, -0.05) is 12.8 Å². The van der Waals surface area contributed by atoms with Gasteiger partial charge >= 0.3 is 5.97 Å². The van der Waals surface area contributed by atoms with Crippen molar-refractivity contribution in [2.75, 3.05) is 20.8 Å². The van der Waals surface area contributed by atoms with Gasteiger partial charge in [-0.05, 0) is 31.0 Å². The maximum Gasteiger partial charge on any atom is 0.329 e. The summed E-state index contributed by atoms with van der Waals surface area (Å²) in [6, 6.07) is 4.64. The summed E-state index contributed by atoms with van der Waals surface area (Å²) in [4.78, 5) is 35.6. The lowest BCUT2D eigenvalue weighted by Gasteiger charge is -2.25. The quantitative estimate of drug-likeness (QED) is 0.674. The molecular weight excluding hydrogens is 328 g/mol. The molecule has 0 aliphatic heterocycles. The van der Waals surface area contributed by atoms with Crippen LogP contribution in [0.5, 0.6) is 11.5 Å². The number of carboxylic acid groups (broad SMARTS) is 1. The smallest absolute Gasteiger partial charge is 0.329 e. The molecule has 0 aromatic heterocycles. The van der Waals surface area contributed by atoms with Crippen LogP contribution in [0.4, 0.5) is 0 Å². The van der Waals surface area contributed by atoms with Crippen LogP contribution < -0.4 is 20.1 Å². The summed E-state index contributed by atoms with van der Waals surface area (Å²) in [5, 5.41) is 14.4. The topological polar surface area (TPSA) is 114 Å². The van der Waals surface area contributed by atoms with Gasteiger partial charge in [-0.25, -0.2) is 4.79 Å². The third kappa shape index (κ3) is 4.20. The number of rotatable bonds is 7. The van der Waals surface area contributed by atoms with Crippen LogP contribution in [-0.2, 0) is 9.59 Å². The Balaban J connectivity index is 1.95. The standard InChI is InChI=1S/C17H22N2O6/c1-24-12-6-5-11(9-13(12)25-2)15(21)18-10-14(20)19-17(16(22)23)7-3-4-8-17/h5-6,9H,3-4,7-8,10H2,1-2H3,(H,18,21)(H,19,20)(H,22,23). The normalized spacial score (nSPS) is 15.3. The average molecular weight is 350 g/mol. The van der Waals surface area contributed by atoms with E-state index in [4.69, 9.17) is 9.47 Å². The molecule has 1 aliphatic rings. The highest BCUT2D eigenvalue weighted by atomic mass is 16.5. The van der Waals surface area contributed by atoms with Crippen LogP contribution in [0.25, 0.3) is 0 Å². The predicted octanol–water partition coefficient (Wildman–Crippen LogP) is 0.947. The summed E-state index contributed by atoms with van der Waals surface area (Å²) in [5.41, 5.74) is -0.912. The van der Waals surface area contributed by atoms with Crippen molar-refractivity contribution in [3.05, 3.63) is 23.8 Å². The van der Waals surface area contributed by atoms with Crippen LogP contribution in [0.2, 0.25) is 0 Å². The van der Waals surface area contributed by atoms with E-state index in [-0.39, 0.29) is 6.54 Å². The van der Waals surface area contributed by atoms with E-state index in [2.05, 4.69) is 10.6 Å². The average Bonchev–Trinajstić information content (AvgIpc) is 3.08. The molecule has 1 fully saturated rings. The van der Waals surface area contributed by atoms with Gasteiger partial charge in [-0.15, -0.1) is 0 Å². The SMILES string of the molecule is COc1ccc(C(=O)NCC(=O)NC2(C(=O)O)CCCC2)cc1OC. The lowest BCUT2D eigenvalue weighted by Crippen LogP contribution is -2.54. The number of methoxy groups -OCH3 is 2. The minimum Gasteiger partial charge on any atom is -0.493 e. The number of carbonyl (C=O) groups is 3. The number of hydrogen-bond acceptors (Lipinski definition) is 5. The molecule has 8 nitrogen and oxygen atoms in total. The highest BCUT2D eigenvalue weighted by molar-refractivity contribution is 5.97. The molecular formula is C17H22N2O6. The molecule has 1 aromatic carbocycles. The number of hydrogen-bond donors (Lipinski definition) is 3. The lowest BCUT2D eigenvalue weighted by atomic mass is 9.98. The Morgan fingerprint density at radius 2 is 1.76 bits per heavy atom. The highest BCUT2D eigenvalue weighted by Crippen LogP contribution is 2.30. The Hall–Kier alpha value is -2.77. The van der Waals surface area contributed by atoms with E-state index in [1.807, 2.05) is 0 Å². The first kappa shape index (κ1) is 18.6. The summed E-state index contributed by atoms with van der Waals surface area (Å²) < 4.78 is 10.2. The molecule has 136 valence electrons. The van der Waals surface area contributed by atoms with Crippen LogP contribution in [-0.4, -0.2) is 49.2 Å². The van der Waals surface area contributed by atoms with Crippen LogP contribution in [0, 0.1) is 0 Å². The zero-order valence-electron chi connectivity index (χ0n) is 14.3. The zero-order valence-corrected chi connectivity index (χ0v) is 14.3. The second kappa shape index (κ2) is 7.87. The summed E-state index contributed by atoms with van der Waals surface area (Å²) in [7, 11) is 2.95. The van der Waals surface area contributed by atoms with E-state index >= 15 is 0 Å². The van der Waals surface area contributed by atoms with Crippen molar-refractivity contribution in [2.45, 2.75) is 31.2 Å². The van der Waals surface area contributed by atoms with Crippen molar-refractivity contribution >= 4 is 17.8 Å². The van der Waals surface area contributed by atoms with Crippen LogP contribution in [0.3, 0.4) is 0 Å². The van der Waals surface area contributed by atoms with Crippen molar-refractivity contribution in [1.29, 1.82) is 0 Å². The van der Waals surface area contributed by atoms with Crippen molar-refractivity contribution in [3.8, 4) is 11.5 Å². The molecule has 0 saturated heterocycles. The third-order valence-electron chi connectivity index (χ3n) is 4.30. The van der Waals surface area contributed by atoms with Crippen molar-refractivity contribution in [2.24, 2.45) is 0 Å². The molecule has 0 heterocycles. The Morgan fingerprint density at radius 3 is 2.32 bits per heavy atom. The second-order valence-electron chi connectivity index (χ2n) is 5.89. The van der Waals surface area contributed by atoms with E-state index < -0.39 is 23.3 Å². The Kier molecular flexibility index (Phi) is 5.84. The van der Waals surface area contributed by atoms with Crippen molar-refractivity contribution in [3.63, 3.8) is 0 Å². The molecule has 1 aliphatic carbocycles. The van der Waals surface area contributed by atoms with Gasteiger partial charge in [0, 0.05) is 5.56 Å². The first-order chi connectivity index (χ1) is 11.9. The van der Waals surface area contributed by atoms with E-state index in [1.165, 1.54) is 20.3 Å². The van der Waals surface area contributed by atoms with Gasteiger partial charge in [-0.2, -0.15) is 0 Å². The monoisotopic (exact) mass is 350 g/mol. The van der Waals surface area contributed by atoms with Gasteiger partial charge in [0.15, 0.2) is 11.5 Å². The van der Waals surface area contributed by atoms with Crippen LogP contribution in [0.1, 0.15) is 36.0 Å². The number of carboxylic acids is 1. The maximum atomic E-state index is 12.2. The molecule has 2 rings (SSSR count). The molecule has 1 aromatic rings. The van der Waals surface area contributed by atoms with E-state index in [0.717, 1.165) is 12.8 Å². The maximum absolute atomic E-state index is 12.2. The second-order valence-corrected chi connectivity index (χ2v) is 5.89. The largest absolute Gasteiger partial charge is 0.493 e. The van der Waals surface area contributed by atoms with E-state index in [0.29, 0.717) is 29.9 Å². The number of nitrogens with one attached hydrogen (secondary N) is 2. The first-order valence-corrected chi connectivity index (χ1v) is 7.96. The van der Waals surface area contributed by atoms with Crippen LogP contribution >= 0.6 is 0 Å². The fourth-order valence-corrected chi connectivity index (χ4v) is 2.92. The van der Waals surface area contributed by atoms with Gasteiger partial charge in [0.1, 0.15) is 5.54 Å². The minimum atomic E-state index is -1.22. The molecule has 0 atom stereocenters. The first-order valence-electron chi connectivity index (χ1n) is 7.96. The van der Waals surface area contributed by atoms with Gasteiger partial charge < -0.3 is 25.2 Å². The van der Waals surface area contributed by atoms with E-state index in [9.17, 15) is 19.5 Å². The summed E-state index contributed by atoms with van der Waals surface area (Å²) in [6.45, 7) is -0.303. The zero-order chi connectivity index (χ0) is 18.4. The van der Waals surface area contributed by atoms with Gasteiger partial charge in [0.05, 0.1) is 20.8 Å². The predicted molar refractivity (Wildman–Crippen MR) is 88.9 cm³/mol. The number of aliphatic carboxylic acids is 1.